The van der Waals surface area contributed by atoms with Gasteiger partial charge in [0.05, 0.1) is 22.1 Å². The van der Waals surface area contributed by atoms with Gasteiger partial charge in [0.2, 0.25) is 0 Å². The van der Waals surface area contributed by atoms with E-state index in [-0.39, 0.29) is 0 Å². The van der Waals surface area contributed by atoms with Crippen LogP contribution in [-0.2, 0) is 12.8 Å². The summed E-state index contributed by atoms with van der Waals surface area (Å²) in [6.07, 6.45) is 10.2. The standard InChI is InChI=1S/C47H36N2/c1-2-4-29-7-15-35(16-8-29)49-45-20-10-31-24-41(45)43-26-33(12-22-47(43)49)39-27-38(39)32-11-21-46-42(25-32)40-23-30(36-17-18-37(31)36)9-19-44(40)48(46)34-13-5-28(3-1)6-14-34/h1-2,5-16,19-26,36-39H,3-4,17-18,27H2/b2-1-. The van der Waals surface area contributed by atoms with Crippen molar-refractivity contribution in [3.05, 3.63) is 167 Å². The molecule has 2 aromatic heterocycles. The summed E-state index contributed by atoms with van der Waals surface area (Å²) in [4.78, 5) is 0. The summed E-state index contributed by atoms with van der Waals surface area (Å²) in [5, 5.41) is 5.58. The molecule has 8 aromatic rings. The molecule has 13 heterocycles. The van der Waals surface area contributed by atoms with Gasteiger partial charge in [-0.1, -0.05) is 60.7 Å². The Morgan fingerprint density at radius 2 is 0.714 bits per heavy atom. The van der Waals surface area contributed by atoms with Crippen LogP contribution in [0.3, 0.4) is 0 Å². The summed E-state index contributed by atoms with van der Waals surface area (Å²) >= 11 is 0. The summed E-state index contributed by atoms with van der Waals surface area (Å²) in [6.45, 7) is 0. The van der Waals surface area contributed by atoms with Crippen molar-refractivity contribution in [2.45, 2.75) is 55.8 Å². The monoisotopic (exact) mass is 628 g/mol. The highest BCUT2D eigenvalue weighted by Crippen LogP contribution is 2.56. The Labute approximate surface area is 285 Å². The molecule has 2 nitrogen and oxygen atoms in total. The fraction of sp³-hybridized carbons (Fsp3) is 0.191. The molecule has 4 unspecified atom stereocenters. The first-order valence-electron chi connectivity index (χ1n) is 18.2. The van der Waals surface area contributed by atoms with Gasteiger partial charge in [-0.3, -0.25) is 0 Å². The number of aromatic nitrogens is 2. The highest BCUT2D eigenvalue weighted by atomic mass is 15.0. The van der Waals surface area contributed by atoms with E-state index >= 15 is 0 Å². The van der Waals surface area contributed by atoms with Crippen molar-refractivity contribution in [2.75, 3.05) is 0 Å². The van der Waals surface area contributed by atoms with E-state index in [1.165, 1.54) is 108 Å². The van der Waals surface area contributed by atoms with E-state index in [1.807, 2.05) is 0 Å². The lowest BCUT2D eigenvalue weighted by atomic mass is 9.66. The minimum atomic E-state index is 0.540. The predicted molar refractivity (Wildman–Crippen MR) is 203 cm³/mol. The first kappa shape index (κ1) is 26.6. The quantitative estimate of drug-likeness (QED) is 0.148. The zero-order valence-electron chi connectivity index (χ0n) is 27.4. The van der Waals surface area contributed by atoms with E-state index < -0.39 is 0 Å². The zero-order valence-corrected chi connectivity index (χ0v) is 27.4. The maximum atomic E-state index is 2.56. The Balaban J connectivity index is 1.17. The second-order valence-corrected chi connectivity index (χ2v) is 15.2. The van der Waals surface area contributed by atoms with Crippen LogP contribution in [-0.4, -0.2) is 9.13 Å². The van der Waals surface area contributed by atoms with Crippen molar-refractivity contribution >= 4 is 43.6 Å². The topological polar surface area (TPSA) is 9.86 Å². The van der Waals surface area contributed by atoms with Gasteiger partial charge in [-0.2, -0.15) is 0 Å². The van der Waals surface area contributed by atoms with Crippen molar-refractivity contribution in [3.63, 3.8) is 0 Å². The molecule has 18 bridgehead atoms. The molecule has 6 aromatic carbocycles. The van der Waals surface area contributed by atoms with Gasteiger partial charge in [0.1, 0.15) is 0 Å². The first-order valence-corrected chi connectivity index (χ1v) is 18.2. The van der Waals surface area contributed by atoms with Gasteiger partial charge in [-0.15, -0.1) is 0 Å². The molecule has 2 heteroatoms. The fourth-order valence-electron chi connectivity index (χ4n) is 9.83. The number of benzene rings is 6. The smallest absolute Gasteiger partial charge is 0.0541 e. The molecule has 0 N–H and O–H groups in total. The van der Waals surface area contributed by atoms with E-state index in [4.69, 9.17) is 0 Å². The molecule has 2 fully saturated rings. The van der Waals surface area contributed by atoms with Crippen LogP contribution in [0.4, 0.5) is 0 Å². The number of hydrogen-bond acceptors (Lipinski definition) is 0. The maximum absolute atomic E-state index is 2.56. The lowest BCUT2D eigenvalue weighted by molar-refractivity contribution is 0.347. The Kier molecular flexibility index (Phi) is 5.23. The number of hydrogen-bond donors (Lipinski definition) is 0. The van der Waals surface area contributed by atoms with Crippen LogP contribution in [0.1, 0.15) is 76.3 Å². The third kappa shape index (κ3) is 3.78. The van der Waals surface area contributed by atoms with Crippen LogP contribution >= 0.6 is 0 Å². The third-order valence-electron chi connectivity index (χ3n) is 12.7. The molecule has 22 rings (SSSR count). The summed E-state index contributed by atoms with van der Waals surface area (Å²) < 4.78 is 5.01. The van der Waals surface area contributed by atoms with Crippen molar-refractivity contribution in [3.8, 4) is 11.4 Å². The summed E-state index contributed by atoms with van der Waals surface area (Å²) in [5.74, 6) is 2.19. The SMILES string of the molecule is C1=C\Cc2ccc(cc2)-n2c3ccc4cc3c3cc(ccc32)C2CC2c2ccc3c(c2)c2cc(ccc2n3-c2ccc(cc2)C/1)C1CCC41. The van der Waals surface area contributed by atoms with E-state index in [0.717, 1.165) is 12.8 Å². The molecule has 4 atom stereocenters. The second kappa shape index (κ2) is 9.64. The summed E-state index contributed by atoms with van der Waals surface area (Å²) in [5.41, 5.74) is 16.4. The summed E-state index contributed by atoms with van der Waals surface area (Å²) in [6, 6.07) is 48.1. The maximum Gasteiger partial charge on any atom is 0.0541 e. The lowest BCUT2D eigenvalue weighted by Crippen LogP contribution is -2.21. The predicted octanol–water partition coefficient (Wildman–Crippen LogP) is 11.8. The van der Waals surface area contributed by atoms with Crippen LogP contribution in [0.2, 0.25) is 0 Å². The fourth-order valence-corrected chi connectivity index (χ4v) is 9.83. The van der Waals surface area contributed by atoms with E-state index in [1.54, 1.807) is 0 Å². The Bertz CT molecular complexity index is 2510. The van der Waals surface area contributed by atoms with Crippen molar-refractivity contribution < 1.29 is 0 Å². The second-order valence-electron chi connectivity index (χ2n) is 15.2. The largest absolute Gasteiger partial charge is 0.309 e. The van der Waals surface area contributed by atoms with Gasteiger partial charge in [0.15, 0.2) is 0 Å². The van der Waals surface area contributed by atoms with Gasteiger partial charge in [-0.05, 0) is 162 Å². The van der Waals surface area contributed by atoms with Crippen LogP contribution in [0.25, 0.3) is 55.0 Å². The minimum Gasteiger partial charge on any atom is -0.309 e. The molecular formula is C47H36N2. The highest BCUT2D eigenvalue weighted by Gasteiger charge is 2.40. The van der Waals surface area contributed by atoms with Gasteiger partial charge in [0.25, 0.3) is 0 Å². The Morgan fingerprint density at radius 3 is 1.06 bits per heavy atom. The van der Waals surface area contributed by atoms with Gasteiger partial charge < -0.3 is 9.13 Å². The van der Waals surface area contributed by atoms with Crippen LogP contribution < -0.4 is 0 Å². The average molecular weight is 629 g/mol. The van der Waals surface area contributed by atoms with E-state index in [9.17, 15) is 0 Å². The highest BCUT2D eigenvalue weighted by molar-refractivity contribution is 6.11. The zero-order chi connectivity index (χ0) is 31.8. The third-order valence-corrected chi connectivity index (χ3v) is 12.7. The molecule has 0 spiro atoms. The molecule has 3 aliphatic carbocycles. The first-order chi connectivity index (χ1) is 24.2. The molecule has 2 saturated carbocycles. The van der Waals surface area contributed by atoms with Gasteiger partial charge in [-0.25, -0.2) is 0 Å². The molecule has 11 aliphatic heterocycles. The lowest BCUT2D eigenvalue weighted by Gasteiger charge is -2.37. The van der Waals surface area contributed by atoms with Crippen LogP contribution in [0.15, 0.2) is 133 Å². The molecule has 14 aliphatic rings. The van der Waals surface area contributed by atoms with Gasteiger partial charge in [0, 0.05) is 32.9 Å². The van der Waals surface area contributed by atoms with E-state index in [2.05, 4.69) is 143 Å². The van der Waals surface area contributed by atoms with E-state index in [0.29, 0.717) is 23.7 Å². The number of allylic oxidation sites excluding steroid dienone is 2. The van der Waals surface area contributed by atoms with Crippen LogP contribution in [0.5, 0.6) is 0 Å². The Hall–Kier alpha value is -5.34. The minimum absolute atomic E-state index is 0.540. The summed E-state index contributed by atoms with van der Waals surface area (Å²) in [7, 11) is 0. The van der Waals surface area contributed by atoms with Crippen LogP contribution in [0, 0.1) is 0 Å². The normalized spacial score (nSPS) is 22.4. The number of nitrogens with zero attached hydrogens (tertiary/aromatic N) is 2. The van der Waals surface area contributed by atoms with Crippen molar-refractivity contribution in [1.29, 1.82) is 0 Å². The molecule has 0 amide bonds. The molecule has 0 radical (unpaired) electrons. The Morgan fingerprint density at radius 1 is 0.367 bits per heavy atom. The van der Waals surface area contributed by atoms with Crippen molar-refractivity contribution in [1.82, 2.24) is 9.13 Å². The van der Waals surface area contributed by atoms with Crippen molar-refractivity contribution in [2.24, 2.45) is 0 Å². The van der Waals surface area contributed by atoms with Gasteiger partial charge >= 0.3 is 0 Å². The average Bonchev–Trinajstić information content (AvgIpc) is 3.78. The molecule has 49 heavy (non-hydrogen) atoms. The molecular weight excluding hydrogens is 593 g/mol. The molecule has 0 saturated heterocycles. The number of rotatable bonds is 0. The molecule has 234 valence electrons.